The van der Waals surface area contributed by atoms with Crippen LogP contribution in [0.4, 0.5) is 5.69 Å². The number of carbonyl (C=O) groups excluding carboxylic acids is 1. The van der Waals surface area contributed by atoms with Crippen LogP contribution in [0.1, 0.15) is 18.1 Å². The molecule has 0 fully saturated rings. The van der Waals surface area contributed by atoms with Gasteiger partial charge in [0.15, 0.2) is 0 Å². The third-order valence-electron chi connectivity index (χ3n) is 4.65. The van der Waals surface area contributed by atoms with Gasteiger partial charge in [0.2, 0.25) is 5.91 Å². The predicted molar refractivity (Wildman–Crippen MR) is 117 cm³/mol. The fourth-order valence-electron chi connectivity index (χ4n) is 3.25. The molecule has 0 radical (unpaired) electrons. The molecule has 0 spiro atoms. The van der Waals surface area contributed by atoms with Gasteiger partial charge in [-0.2, -0.15) is 0 Å². The Labute approximate surface area is 173 Å². The second kappa shape index (κ2) is 9.15. The fraction of sp³-hybridized carbons (Fsp3) is 0.273. The Hall–Kier alpha value is -2.77. The third-order valence-corrected chi connectivity index (χ3v) is 5.44. The van der Waals surface area contributed by atoms with E-state index in [1.807, 2.05) is 55.5 Å². The van der Waals surface area contributed by atoms with Crippen molar-refractivity contribution in [2.75, 3.05) is 25.2 Å². The van der Waals surface area contributed by atoms with Crippen LogP contribution in [0.15, 0.2) is 56.6 Å². The Morgan fingerprint density at radius 2 is 1.97 bits per heavy atom. The third kappa shape index (κ3) is 4.99. The van der Waals surface area contributed by atoms with E-state index in [0.717, 1.165) is 27.1 Å². The van der Waals surface area contributed by atoms with E-state index >= 15 is 0 Å². The summed E-state index contributed by atoms with van der Waals surface area (Å²) in [7, 11) is 1.82. The van der Waals surface area contributed by atoms with Crippen molar-refractivity contribution in [3.8, 4) is 5.75 Å². The fourth-order valence-corrected chi connectivity index (χ4v) is 3.80. The minimum atomic E-state index is -0.483. The number of likely N-dealkylation sites (N-methyl/N-ethyl adjacent to an activating group) is 1. The Kier molecular flexibility index (Phi) is 6.61. The first-order chi connectivity index (χ1) is 13.9. The first-order valence-electron chi connectivity index (χ1n) is 9.31. The molecule has 0 atom stereocenters. The van der Waals surface area contributed by atoms with Crippen LogP contribution < -0.4 is 10.9 Å². The number of nitrogens with zero attached hydrogens (tertiary/aromatic N) is 1. The molecule has 7 heteroatoms. The molecule has 0 bridgehead atoms. The smallest absolute Gasteiger partial charge is 0.336 e. The van der Waals surface area contributed by atoms with Gasteiger partial charge in [0.1, 0.15) is 11.3 Å². The van der Waals surface area contributed by atoms with Crippen molar-refractivity contribution in [2.45, 2.75) is 24.8 Å². The molecule has 29 heavy (non-hydrogen) atoms. The number of benzene rings is 2. The monoisotopic (exact) mass is 412 g/mol. The number of thioether (sulfide) groups is 1. The van der Waals surface area contributed by atoms with Crippen molar-refractivity contribution in [1.29, 1.82) is 0 Å². The van der Waals surface area contributed by atoms with Crippen molar-refractivity contribution in [3.63, 3.8) is 0 Å². The maximum Gasteiger partial charge on any atom is 0.336 e. The average Bonchev–Trinajstić information content (AvgIpc) is 2.67. The van der Waals surface area contributed by atoms with E-state index in [9.17, 15) is 14.7 Å². The number of carbonyl (C=O) groups is 1. The van der Waals surface area contributed by atoms with Gasteiger partial charge >= 0.3 is 5.63 Å². The molecule has 0 aliphatic heterocycles. The minimum absolute atomic E-state index is 0.112. The van der Waals surface area contributed by atoms with Gasteiger partial charge in [-0.15, -0.1) is 11.8 Å². The van der Waals surface area contributed by atoms with Crippen molar-refractivity contribution >= 4 is 34.3 Å². The van der Waals surface area contributed by atoms with Crippen molar-refractivity contribution < 1.29 is 14.3 Å². The second-order valence-corrected chi connectivity index (χ2v) is 7.69. The van der Waals surface area contributed by atoms with Crippen LogP contribution in [0, 0.1) is 0 Å². The van der Waals surface area contributed by atoms with Gasteiger partial charge in [0.25, 0.3) is 0 Å². The average molecular weight is 413 g/mol. The maximum atomic E-state index is 12.5. The van der Waals surface area contributed by atoms with E-state index in [1.54, 1.807) is 11.8 Å². The molecule has 0 aliphatic rings. The molecule has 0 saturated heterocycles. The highest BCUT2D eigenvalue weighted by Crippen LogP contribution is 2.27. The summed E-state index contributed by atoms with van der Waals surface area (Å²) < 4.78 is 5.23. The van der Waals surface area contributed by atoms with E-state index in [4.69, 9.17) is 4.42 Å². The zero-order valence-electron chi connectivity index (χ0n) is 16.7. The summed E-state index contributed by atoms with van der Waals surface area (Å²) >= 11 is 1.57. The highest BCUT2D eigenvalue weighted by atomic mass is 32.2. The van der Waals surface area contributed by atoms with Gasteiger partial charge in [-0.05, 0) is 49.1 Å². The molecular weight excluding hydrogens is 388 g/mol. The molecule has 0 saturated carbocycles. The zero-order chi connectivity index (χ0) is 21.0. The van der Waals surface area contributed by atoms with Gasteiger partial charge < -0.3 is 14.8 Å². The van der Waals surface area contributed by atoms with Crippen LogP contribution in [-0.4, -0.2) is 35.8 Å². The van der Waals surface area contributed by atoms with E-state index in [-0.39, 0.29) is 18.2 Å². The van der Waals surface area contributed by atoms with Crippen LogP contribution in [-0.2, 0) is 17.8 Å². The molecule has 1 heterocycles. The van der Waals surface area contributed by atoms with Crippen LogP contribution in [0.25, 0.3) is 11.0 Å². The van der Waals surface area contributed by atoms with Crippen LogP contribution in [0.5, 0.6) is 5.75 Å². The number of fused-ring (bicyclic) bond motifs is 1. The SMILES string of the molecule is CCc1cc2c(CN(C)CC(=O)Nc3ccccc3SC)cc(=O)oc2cc1O. The Balaban J connectivity index is 1.78. The molecular formula is C22H24N2O4S. The summed E-state index contributed by atoms with van der Waals surface area (Å²) in [5.41, 5.74) is 2.18. The Bertz CT molecular complexity index is 1090. The number of phenolic OH excluding ortho intramolecular Hbond substituents is 1. The van der Waals surface area contributed by atoms with Crippen LogP contribution in [0.2, 0.25) is 0 Å². The van der Waals surface area contributed by atoms with E-state index in [2.05, 4.69) is 5.32 Å². The molecule has 1 aromatic heterocycles. The van der Waals surface area contributed by atoms with Gasteiger partial charge in [0.05, 0.1) is 12.2 Å². The van der Waals surface area contributed by atoms with Gasteiger partial charge in [-0.25, -0.2) is 4.79 Å². The lowest BCUT2D eigenvalue weighted by molar-refractivity contribution is -0.117. The van der Waals surface area contributed by atoms with E-state index < -0.39 is 5.63 Å². The summed E-state index contributed by atoms with van der Waals surface area (Å²) in [4.78, 5) is 27.3. The molecule has 6 nitrogen and oxygen atoms in total. The Morgan fingerprint density at radius 3 is 2.69 bits per heavy atom. The van der Waals surface area contributed by atoms with Crippen LogP contribution in [0.3, 0.4) is 0 Å². The molecule has 2 aromatic carbocycles. The molecule has 3 rings (SSSR count). The summed E-state index contributed by atoms with van der Waals surface area (Å²) in [6.07, 6.45) is 2.62. The molecule has 0 aliphatic carbocycles. The highest BCUT2D eigenvalue weighted by Gasteiger charge is 2.14. The summed E-state index contributed by atoms with van der Waals surface area (Å²) in [5, 5.41) is 13.7. The summed E-state index contributed by atoms with van der Waals surface area (Å²) in [5.74, 6) is -0.0198. The van der Waals surface area contributed by atoms with Crippen LogP contribution >= 0.6 is 11.8 Å². The number of anilines is 1. The molecule has 2 N–H and O–H groups in total. The summed E-state index contributed by atoms with van der Waals surface area (Å²) in [6, 6.07) is 12.4. The minimum Gasteiger partial charge on any atom is -0.508 e. The number of amides is 1. The predicted octanol–water partition coefficient (Wildman–Crippen LogP) is 3.85. The number of aromatic hydroxyl groups is 1. The van der Waals surface area contributed by atoms with Gasteiger partial charge in [-0.1, -0.05) is 19.1 Å². The van der Waals surface area contributed by atoms with Gasteiger partial charge in [-0.3, -0.25) is 9.69 Å². The van der Waals surface area contributed by atoms with E-state index in [0.29, 0.717) is 18.5 Å². The number of phenols is 1. The highest BCUT2D eigenvalue weighted by molar-refractivity contribution is 7.98. The lowest BCUT2D eigenvalue weighted by atomic mass is 10.0. The van der Waals surface area contributed by atoms with Gasteiger partial charge in [0, 0.05) is 29.0 Å². The lowest BCUT2D eigenvalue weighted by Gasteiger charge is -2.18. The number of nitrogens with one attached hydrogen (secondary N) is 1. The number of rotatable bonds is 7. The molecule has 0 unspecified atom stereocenters. The molecule has 3 aromatic rings. The zero-order valence-corrected chi connectivity index (χ0v) is 17.5. The first-order valence-corrected chi connectivity index (χ1v) is 10.5. The number of hydrogen-bond donors (Lipinski definition) is 2. The Morgan fingerprint density at radius 1 is 1.21 bits per heavy atom. The van der Waals surface area contributed by atoms with Crippen molar-refractivity contribution in [3.05, 3.63) is 64.0 Å². The number of aryl methyl sites for hydroxylation is 1. The molecule has 1 amide bonds. The van der Waals surface area contributed by atoms with Crippen molar-refractivity contribution in [1.82, 2.24) is 4.90 Å². The largest absolute Gasteiger partial charge is 0.508 e. The number of para-hydroxylation sites is 1. The number of hydrogen-bond acceptors (Lipinski definition) is 6. The lowest BCUT2D eigenvalue weighted by Crippen LogP contribution is -2.30. The standard InChI is InChI=1S/C22H24N2O4S/c1-4-14-9-16-15(10-22(27)28-19(16)11-18(14)25)12-24(2)13-21(26)23-17-7-5-6-8-20(17)29-3/h5-11,25H,4,12-13H2,1-3H3,(H,23,26). The van der Waals surface area contributed by atoms with Crippen molar-refractivity contribution in [2.24, 2.45) is 0 Å². The topological polar surface area (TPSA) is 82.8 Å². The van der Waals surface area contributed by atoms with E-state index in [1.165, 1.54) is 12.1 Å². The first kappa shape index (κ1) is 21.0. The normalized spacial score (nSPS) is 11.2. The second-order valence-electron chi connectivity index (χ2n) is 6.84. The maximum absolute atomic E-state index is 12.5. The summed E-state index contributed by atoms with van der Waals surface area (Å²) in [6.45, 7) is 2.51. The molecule has 152 valence electrons. The quantitative estimate of drug-likeness (QED) is 0.453.